The first-order valence-corrected chi connectivity index (χ1v) is 6.97. The number of H-pyrrole nitrogens is 1. The summed E-state index contributed by atoms with van der Waals surface area (Å²) in [4.78, 5) is 22.0. The summed E-state index contributed by atoms with van der Waals surface area (Å²) >= 11 is 0. The number of nitrogens with one attached hydrogen (secondary N) is 1. The average Bonchev–Trinajstić information content (AvgIpc) is 2.98. The highest BCUT2D eigenvalue weighted by molar-refractivity contribution is 6.32. The summed E-state index contributed by atoms with van der Waals surface area (Å²) in [6.45, 7) is 0.939. The number of aliphatic hydroxyl groups is 2. The minimum atomic E-state index is -2.04. The molecule has 0 aliphatic carbocycles. The van der Waals surface area contributed by atoms with Gasteiger partial charge in [-0.15, -0.1) is 0 Å². The normalized spacial score (nSPS) is 30.1. The molecule has 1 fully saturated rings. The largest absolute Gasteiger partial charge is 0.633 e. The minimum absolute atomic E-state index is 0.0106. The molecule has 2 aromatic heterocycles. The number of aliphatic hydroxyl groups excluding tert-OH is 1. The number of nitrogen functional groups attached to an aromatic ring is 1. The van der Waals surface area contributed by atoms with E-state index in [1.807, 2.05) is 0 Å². The maximum Gasteiger partial charge on any atom is 0.633 e. The van der Waals surface area contributed by atoms with Crippen molar-refractivity contribution in [2.45, 2.75) is 31.0 Å². The Labute approximate surface area is 134 Å². The molecule has 1 aliphatic rings. The van der Waals surface area contributed by atoms with Gasteiger partial charge < -0.3 is 35.4 Å². The van der Waals surface area contributed by atoms with Gasteiger partial charge in [-0.05, 0) is 6.92 Å². The maximum absolute atomic E-state index is 11.8. The third-order valence-electron chi connectivity index (χ3n) is 3.87. The zero-order chi connectivity index (χ0) is 17.6. The molecule has 24 heavy (non-hydrogen) atoms. The minimum Gasteiger partial charge on any atom is -0.402 e. The monoisotopic (exact) mass is 341 g/mol. The molecular weight excluding hydrogens is 325 g/mol. The van der Waals surface area contributed by atoms with E-state index >= 15 is 0 Å². The van der Waals surface area contributed by atoms with E-state index in [1.54, 1.807) is 0 Å². The number of fused-ring (bicyclic) bond motifs is 1. The van der Waals surface area contributed by atoms with Crippen LogP contribution in [0.5, 0.6) is 0 Å². The van der Waals surface area contributed by atoms with Crippen molar-refractivity contribution in [2.24, 2.45) is 0 Å². The Balaban J connectivity index is 1.98. The van der Waals surface area contributed by atoms with Crippen LogP contribution in [0.4, 0.5) is 5.95 Å². The molecular formula is C11H16BN5O7. The van der Waals surface area contributed by atoms with Gasteiger partial charge in [0.15, 0.2) is 17.4 Å². The van der Waals surface area contributed by atoms with Crippen LogP contribution in [0.15, 0.2) is 11.1 Å². The summed E-state index contributed by atoms with van der Waals surface area (Å²) < 4.78 is 11.4. The van der Waals surface area contributed by atoms with Gasteiger partial charge in [0.05, 0.1) is 12.9 Å². The number of aromatic amines is 1. The molecule has 1 aliphatic heterocycles. The first-order chi connectivity index (χ1) is 11.2. The van der Waals surface area contributed by atoms with E-state index in [4.69, 9.17) is 20.5 Å². The van der Waals surface area contributed by atoms with Gasteiger partial charge in [0.2, 0.25) is 5.95 Å². The van der Waals surface area contributed by atoms with Crippen molar-refractivity contribution < 1.29 is 29.7 Å². The first kappa shape index (κ1) is 16.8. The molecule has 2 aromatic rings. The molecule has 4 atom stereocenters. The topological polar surface area (TPSA) is 189 Å². The Kier molecular flexibility index (Phi) is 4.07. The fourth-order valence-electron chi connectivity index (χ4n) is 2.67. The molecule has 7 N–H and O–H groups in total. The number of hydrogen-bond acceptors (Lipinski definition) is 10. The van der Waals surface area contributed by atoms with Gasteiger partial charge in [-0.25, -0.2) is 4.98 Å². The number of rotatable bonds is 4. The summed E-state index contributed by atoms with van der Waals surface area (Å²) in [6.07, 6.45) is -2.39. The molecule has 3 heterocycles. The van der Waals surface area contributed by atoms with Crippen molar-refractivity contribution >= 4 is 24.4 Å². The summed E-state index contributed by atoms with van der Waals surface area (Å²) in [5.74, 6) is -0.143. The quantitative estimate of drug-likeness (QED) is 0.307. The van der Waals surface area contributed by atoms with Crippen LogP contribution in [-0.2, 0) is 9.39 Å². The molecule has 13 heteroatoms. The Morgan fingerprint density at radius 2 is 2.29 bits per heavy atom. The van der Waals surface area contributed by atoms with Gasteiger partial charge in [0.25, 0.3) is 5.56 Å². The van der Waals surface area contributed by atoms with E-state index in [0.29, 0.717) is 0 Å². The van der Waals surface area contributed by atoms with Crippen LogP contribution in [0.25, 0.3) is 11.2 Å². The highest BCUT2D eigenvalue weighted by Crippen LogP contribution is 2.39. The van der Waals surface area contributed by atoms with E-state index in [9.17, 15) is 15.0 Å². The Morgan fingerprint density at radius 3 is 2.96 bits per heavy atom. The standard InChI is InChI=1S/C11H16BN5O7/c1-11(20)6(18)4(2-23-12(21)22)24-9(11)17-3-14-5-7(17)15-10(13)16-8(5)19/h3-4,6,9,18,20-22H,2H2,1H3,(H3,13,15,16,19)/t4-,6-,9-,11-/m1/s1. The fraction of sp³-hybridized carbons (Fsp3) is 0.545. The van der Waals surface area contributed by atoms with Crippen LogP contribution in [0.1, 0.15) is 13.2 Å². The molecule has 0 spiro atoms. The van der Waals surface area contributed by atoms with E-state index in [2.05, 4.69) is 19.6 Å². The lowest BCUT2D eigenvalue weighted by atomic mass is 9.96. The number of ether oxygens (including phenoxy) is 1. The van der Waals surface area contributed by atoms with E-state index in [-0.39, 0.29) is 23.7 Å². The van der Waals surface area contributed by atoms with Gasteiger partial charge in [0.1, 0.15) is 17.8 Å². The molecule has 0 amide bonds. The fourth-order valence-corrected chi connectivity index (χ4v) is 2.67. The van der Waals surface area contributed by atoms with Gasteiger partial charge in [-0.2, -0.15) is 4.98 Å². The predicted octanol–water partition coefficient (Wildman–Crippen LogP) is -3.30. The van der Waals surface area contributed by atoms with Crippen molar-refractivity contribution in [3.05, 3.63) is 16.7 Å². The maximum atomic E-state index is 11.8. The van der Waals surface area contributed by atoms with Gasteiger partial charge in [-0.1, -0.05) is 0 Å². The van der Waals surface area contributed by atoms with Crippen LogP contribution in [0.2, 0.25) is 0 Å². The number of imidazole rings is 1. The second-order valence-corrected chi connectivity index (χ2v) is 5.63. The molecule has 3 rings (SSSR count). The van der Waals surface area contributed by atoms with Crippen molar-refractivity contribution in [3.8, 4) is 0 Å². The molecule has 0 saturated carbocycles. The third kappa shape index (κ3) is 2.66. The number of nitrogens with zero attached hydrogens (tertiary/aromatic N) is 3. The van der Waals surface area contributed by atoms with Crippen LogP contribution >= 0.6 is 0 Å². The van der Waals surface area contributed by atoms with Crippen molar-refractivity contribution in [1.82, 2.24) is 19.5 Å². The zero-order valence-corrected chi connectivity index (χ0v) is 12.5. The van der Waals surface area contributed by atoms with Gasteiger partial charge in [-0.3, -0.25) is 14.3 Å². The lowest BCUT2D eigenvalue weighted by Crippen LogP contribution is -2.44. The molecule has 0 aromatic carbocycles. The van der Waals surface area contributed by atoms with E-state index < -0.39 is 36.9 Å². The zero-order valence-electron chi connectivity index (χ0n) is 12.5. The summed E-state index contributed by atoms with van der Waals surface area (Å²) in [7, 11) is -2.04. The number of nitrogens with two attached hydrogens (primary N) is 1. The van der Waals surface area contributed by atoms with Gasteiger partial charge in [0, 0.05) is 0 Å². The highest BCUT2D eigenvalue weighted by Gasteiger charge is 2.53. The smallest absolute Gasteiger partial charge is 0.402 e. The Morgan fingerprint density at radius 1 is 1.58 bits per heavy atom. The lowest BCUT2D eigenvalue weighted by molar-refractivity contribution is -0.0951. The molecule has 130 valence electrons. The predicted molar refractivity (Wildman–Crippen MR) is 79.2 cm³/mol. The summed E-state index contributed by atoms with van der Waals surface area (Å²) in [5.41, 5.74) is 3.23. The van der Waals surface area contributed by atoms with E-state index in [1.165, 1.54) is 17.8 Å². The molecule has 0 radical (unpaired) electrons. The molecule has 0 unspecified atom stereocenters. The van der Waals surface area contributed by atoms with Gasteiger partial charge >= 0.3 is 7.32 Å². The first-order valence-electron chi connectivity index (χ1n) is 6.97. The van der Waals surface area contributed by atoms with Crippen molar-refractivity contribution in [3.63, 3.8) is 0 Å². The van der Waals surface area contributed by atoms with Crippen LogP contribution in [0.3, 0.4) is 0 Å². The second-order valence-electron chi connectivity index (χ2n) is 5.63. The highest BCUT2D eigenvalue weighted by atomic mass is 16.6. The van der Waals surface area contributed by atoms with Crippen LogP contribution < -0.4 is 11.3 Å². The number of hydrogen-bond donors (Lipinski definition) is 6. The number of anilines is 1. The molecule has 12 nitrogen and oxygen atoms in total. The van der Waals surface area contributed by atoms with Crippen LogP contribution in [0, 0.1) is 0 Å². The average molecular weight is 341 g/mol. The number of aromatic nitrogens is 4. The summed E-state index contributed by atoms with van der Waals surface area (Å²) in [6, 6.07) is 0. The molecule has 1 saturated heterocycles. The van der Waals surface area contributed by atoms with Crippen molar-refractivity contribution in [2.75, 3.05) is 12.3 Å². The third-order valence-corrected chi connectivity index (χ3v) is 3.87. The van der Waals surface area contributed by atoms with Crippen molar-refractivity contribution in [1.29, 1.82) is 0 Å². The SMILES string of the molecule is C[C@@]1(O)[C@H](O)[C@@H](COB(O)O)O[C@H]1n1cnc2c(=O)[nH]c(N)nc21. The van der Waals surface area contributed by atoms with E-state index in [0.717, 1.165) is 0 Å². The lowest BCUT2D eigenvalue weighted by Gasteiger charge is -2.27. The summed E-state index contributed by atoms with van der Waals surface area (Å²) in [5, 5.41) is 38.3. The molecule has 0 bridgehead atoms. The Bertz CT molecular complexity index is 806. The second kappa shape index (κ2) is 5.80. The van der Waals surface area contributed by atoms with Crippen LogP contribution in [-0.4, -0.2) is 71.5 Å². The Hall–Kier alpha value is -2.03.